The zero-order chi connectivity index (χ0) is 49.9. The Morgan fingerprint density at radius 2 is 0.818 bits per heavy atom. The largest absolute Gasteiger partial charge is 0.478 e. The highest BCUT2D eigenvalue weighted by Crippen LogP contribution is 2.14. The van der Waals surface area contributed by atoms with Crippen molar-refractivity contribution in [1.29, 1.82) is 0 Å². The molecule has 356 valence electrons. The van der Waals surface area contributed by atoms with Crippen molar-refractivity contribution < 1.29 is 69.1 Å². The normalized spacial score (nSPS) is 10.9. The molecule has 0 aliphatic heterocycles. The van der Waals surface area contributed by atoms with Crippen LogP contribution in [0.25, 0.3) is 0 Å². The van der Waals surface area contributed by atoms with Crippen LogP contribution in [0.5, 0.6) is 0 Å². The third kappa shape index (κ3) is 30.4. The van der Waals surface area contributed by atoms with Crippen molar-refractivity contribution in [3.8, 4) is 0 Å². The number of hydrogen-bond donors (Lipinski definition) is 8. The van der Waals surface area contributed by atoms with Gasteiger partial charge in [0.25, 0.3) is 0 Å². The number of carbonyl (C=O) groups is 6. The zero-order valence-electron chi connectivity index (χ0n) is 35.6. The number of aliphatic carboxylic acids is 6. The van der Waals surface area contributed by atoms with E-state index in [0.29, 0.717) is 72.8 Å². The number of imidazole rings is 2. The first-order valence-corrected chi connectivity index (χ1v) is 19.7. The van der Waals surface area contributed by atoms with E-state index in [1.807, 2.05) is 74.8 Å². The molecule has 0 aliphatic rings. The van der Waals surface area contributed by atoms with Gasteiger partial charge in [0.1, 0.15) is 24.9 Å². The molecule has 0 fully saturated rings. The Morgan fingerprint density at radius 1 is 0.545 bits per heavy atom. The lowest BCUT2D eigenvalue weighted by molar-refractivity contribution is -0.134. The smallest absolute Gasteiger partial charge is 0.328 e. The van der Waals surface area contributed by atoms with Crippen LogP contribution in [0.15, 0.2) is 120 Å². The Hall–Kier alpha value is -7.66. The summed E-state index contributed by atoms with van der Waals surface area (Å²) in [6.07, 6.45) is 12.3. The van der Waals surface area contributed by atoms with Crippen LogP contribution in [0.4, 0.5) is 0 Å². The molecule has 24 heteroatoms. The minimum absolute atomic E-state index is 0.404. The van der Waals surface area contributed by atoms with E-state index in [9.17, 15) is 28.8 Å². The number of aromatic nitrogens is 4. The fourth-order valence-electron chi connectivity index (χ4n) is 4.28. The average Bonchev–Trinajstić information content (AvgIpc) is 3.88. The van der Waals surface area contributed by atoms with Gasteiger partial charge in [0, 0.05) is 110 Å². The Balaban J connectivity index is 0.000000871. The van der Waals surface area contributed by atoms with E-state index in [4.69, 9.17) is 75.0 Å². The molecule has 0 unspecified atom stereocenters. The van der Waals surface area contributed by atoms with Crippen molar-refractivity contribution in [3.05, 3.63) is 143 Å². The number of halogens is 2. The number of benzene rings is 2. The third-order valence-corrected chi connectivity index (χ3v) is 7.76. The predicted molar refractivity (Wildman–Crippen MR) is 242 cm³/mol. The molecule has 0 atom stereocenters. The van der Waals surface area contributed by atoms with Gasteiger partial charge in [-0.1, -0.05) is 57.8 Å². The summed E-state index contributed by atoms with van der Waals surface area (Å²) >= 11 is 11.8. The lowest BCUT2D eigenvalue weighted by Gasteiger charge is -2.09. The van der Waals surface area contributed by atoms with E-state index >= 15 is 0 Å². The van der Waals surface area contributed by atoms with E-state index in [1.165, 1.54) is 0 Å². The van der Waals surface area contributed by atoms with Gasteiger partial charge in [0.05, 0.1) is 11.4 Å². The van der Waals surface area contributed by atoms with Crippen molar-refractivity contribution >= 4 is 70.4 Å². The fraction of sp³-hybridized carbons (Fsp3) is 0.238. The average molecular weight is 962 g/mol. The van der Waals surface area contributed by atoms with Gasteiger partial charge in [-0.15, -0.1) is 0 Å². The monoisotopic (exact) mass is 960 g/mol. The van der Waals surface area contributed by atoms with E-state index in [1.54, 1.807) is 12.4 Å². The Kier molecular flexibility index (Phi) is 30.7. The van der Waals surface area contributed by atoms with Gasteiger partial charge in [-0.05, 0) is 49.2 Å². The van der Waals surface area contributed by atoms with Crippen LogP contribution in [-0.2, 0) is 51.5 Å². The topological polar surface area (TPSA) is 355 Å². The first-order valence-electron chi connectivity index (χ1n) is 19.0. The summed E-state index contributed by atoms with van der Waals surface area (Å²) in [5.74, 6) is -5.58. The summed E-state index contributed by atoms with van der Waals surface area (Å²) < 4.78 is 4.16. The SMILES string of the molecule is Cc1nccn1CCC(=NOCCN)c1ccc(Cl)cc1.Cc1nccn1CCC(=NOCCN)c1ccc(Cl)cc1.O=C(O)/C=C/C(=O)O.O=C(O)/C=C/C(=O)O.O=C(O)/C=C/C(=O)O. The molecule has 2 aromatic heterocycles. The number of hydrogen-bond acceptors (Lipinski definition) is 14. The lowest BCUT2D eigenvalue weighted by atomic mass is 10.1. The minimum Gasteiger partial charge on any atom is -0.478 e. The molecular formula is C42H50Cl2N8O14. The van der Waals surface area contributed by atoms with Crippen molar-refractivity contribution in [2.75, 3.05) is 26.3 Å². The summed E-state index contributed by atoms with van der Waals surface area (Å²) in [6, 6.07) is 15.1. The van der Waals surface area contributed by atoms with E-state index in [2.05, 4.69) is 29.4 Å². The van der Waals surface area contributed by atoms with Crippen LogP contribution in [0.2, 0.25) is 10.0 Å². The van der Waals surface area contributed by atoms with Crippen molar-refractivity contribution in [2.24, 2.45) is 21.8 Å². The number of oxime groups is 2. The van der Waals surface area contributed by atoms with Crippen molar-refractivity contribution in [3.63, 3.8) is 0 Å². The summed E-state index contributed by atoms with van der Waals surface area (Å²) in [4.78, 5) is 76.2. The minimum atomic E-state index is -1.26. The molecular weight excluding hydrogens is 911 g/mol. The summed E-state index contributed by atoms with van der Waals surface area (Å²) in [7, 11) is 0. The molecule has 0 aliphatic carbocycles. The van der Waals surface area contributed by atoms with Crippen molar-refractivity contribution in [1.82, 2.24) is 19.1 Å². The highest BCUT2D eigenvalue weighted by Gasteiger charge is 2.08. The second kappa shape index (κ2) is 34.8. The van der Waals surface area contributed by atoms with Gasteiger partial charge >= 0.3 is 35.8 Å². The van der Waals surface area contributed by atoms with Gasteiger partial charge < -0.3 is 60.9 Å². The first-order chi connectivity index (χ1) is 31.3. The highest BCUT2D eigenvalue weighted by molar-refractivity contribution is 6.31. The number of nitrogens with zero attached hydrogens (tertiary/aromatic N) is 6. The van der Waals surface area contributed by atoms with Gasteiger partial charge in [-0.25, -0.2) is 38.7 Å². The molecule has 2 aromatic carbocycles. The van der Waals surface area contributed by atoms with Gasteiger partial charge in [-0.3, -0.25) is 0 Å². The Labute approximate surface area is 388 Å². The summed E-state index contributed by atoms with van der Waals surface area (Å²) in [5.41, 5.74) is 14.6. The first kappa shape index (κ1) is 58.3. The van der Waals surface area contributed by atoms with Crippen LogP contribution < -0.4 is 11.5 Å². The number of carboxylic acid groups (broad SMARTS) is 6. The molecule has 66 heavy (non-hydrogen) atoms. The molecule has 0 spiro atoms. The number of aryl methyl sites for hydroxylation is 4. The van der Waals surface area contributed by atoms with E-state index < -0.39 is 35.8 Å². The standard InChI is InChI=1S/2C15H19ClN4O.3C4H4O4/c2*1-12-18-8-10-20(12)9-6-15(19-21-11-7-17)13-2-4-14(16)5-3-13;3*5-3(6)1-2-4(7)8/h2*2-5,8,10H,6-7,9,11,17H2,1H3;3*1-2H,(H,5,6)(H,7,8)/b;;3*2-1+. The predicted octanol–water partition coefficient (Wildman–Crippen LogP) is 4.36. The number of rotatable bonds is 20. The maximum Gasteiger partial charge on any atom is 0.328 e. The van der Waals surface area contributed by atoms with E-state index in [-0.39, 0.29) is 0 Å². The quantitative estimate of drug-likeness (QED) is 0.0264. The molecule has 4 rings (SSSR count). The molecule has 0 saturated carbocycles. The second-order valence-corrected chi connectivity index (χ2v) is 13.1. The number of carboxylic acids is 6. The maximum atomic E-state index is 9.55. The molecule has 0 amide bonds. The van der Waals surface area contributed by atoms with Gasteiger partial charge in [0.2, 0.25) is 0 Å². The van der Waals surface area contributed by atoms with Crippen LogP contribution >= 0.6 is 23.2 Å². The third-order valence-electron chi connectivity index (χ3n) is 7.25. The molecule has 0 bridgehead atoms. The molecule has 10 N–H and O–H groups in total. The maximum absolute atomic E-state index is 9.55. The lowest BCUT2D eigenvalue weighted by Crippen LogP contribution is -2.11. The van der Waals surface area contributed by atoms with Crippen LogP contribution in [-0.4, -0.2) is 123 Å². The zero-order valence-corrected chi connectivity index (χ0v) is 37.1. The van der Waals surface area contributed by atoms with Gasteiger partial charge in [-0.2, -0.15) is 0 Å². The molecule has 2 heterocycles. The van der Waals surface area contributed by atoms with E-state index in [0.717, 1.165) is 60.1 Å². The highest BCUT2D eigenvalue weighted by atomic mass is 35.5. The molecule has 0 saturated heterocycles. The van der Waals surface area contributed by atoms with Gasteiger partial charge in [0.15, 0.2) is 0 Å². The summed E-state index contributed by atoms with van der Waals surface area (Å²) in [6.45, 7) is 7.23. The van der Waals surface area contributed by atoms with Crippen molar-refractivity contribution in [2.45, 2.75) is 39.8 Å². The Morgan fingerprint density at radius 3 is 1.03 bits per heavy atom. The molecule has 4 aromatic rings. The summed E-state index contributed by atoms with van der Waals surface area (Å²) in [5, 5.41) is 56.7. The van der Waals surface area contributed by atoms with Crippen LogP contribution in [0.1, 0.15) is 35.6 Å². The van der Waals surface area contributed by atoms with Crippen LogP contribution in [0, 0.1) is 13.8 Å². The Bertz CT molecular complexity index is 2030. The van der Waals surface area contributed by atoms with Crippen LogP contribution in [0.3, 0.4) is 0 Å². The molecule has 22 nitrogen and oxygen atoms in total. The second-order valence-electron chi connectivity index (χ2n) is 12.2. The number of nitrogens with two attached hydrogens (primary N) is 2. The fourth-order valence-corrected chi connectivity index (χ4v) is 4.53. The molecule has 0 radical (unpaired) electrons.